The van der Waals surface area contributed by atoms with Crippen molar-refractivity contribution in [2.75, 3.05) is 0 Å². The number of nitrogens with zero attached hydrogens (tertiary/aromatic N) is 5. The molecule has 57 heavy (non-hydrogen) atoms. The third kappa shape index (κ3) is 5.64. The molecule has 0 N–H and O–H groups in total. The molecule has 5 heteroatoms. The van der Waals surface area contributed by atoms with E-state index in [2.05, 4.69) is 144 Å². The second kappa shape index (κ2) is 13.5. The van der Waals surface area contributed by atoms with E-state index in [1.807, 2.05) is 60.7 Å². The molecule has 5 nitrogen and oxygen atoms in total. The zero-order valence-corrected chi connectivity index (χ0v) is 30.8. The second-order valence-corrected chi connectivity index (χ2v) is 14.2. The predicted molar refractivity (Wildman–Crippen MR) is 234 cm³/mol. The van der Waals surface area contributed by atoms with Gasteiger partial charge in [-0.25, -0.2) is 19.9 Å². The Hall–Kier alpha value is -7.76. The minimum Gasteiger partial charge on any atom is -0.309 e. The number of rotatable bonds is 6. The lowest BCUT2D eigenvalue weighted by atomic mass is 9.95. The summed E-state index contributed by atoms with van der Waals surface area (Å²) in [6.07, 6.45) is 0. The van der Waals surface area contributed by atoms with E-state index < -0.39 is 0 Å². The zero-order valence-electron chi connectivity index (χ0n) is 30.8. The molecule has 0 radical (unpaired) electrons. The van der Waals surface area contributed by atoms with Gasteiger partial charge in [0, 0.05) is 54.9 Å². The Labute approximate surface area is 329 Å². The molecule has 11 aromatic rings. The van der Waals surface area contributed by atoms with Crippen molar-refractivity contribution in [3.8, 4) is 62.2 Å². The number of pyridine rings is 1. The zero-order chi connectivity index (χ0) is 37.7. The molecule has 3 aromatic heterocycles. The van der Waals surface area contributed by atoms with Crippen LogP contribution in [0.15, 0.2) is 200 Å². The Morgan fingerprint density at radius 2 is 0.754 bits per heavy atom. The van der Waals surface area contributed by atoms with Crippen molar-refractivity contribution in [2.45, 2.75) is 0 Å². The standard InChI is InChI=1S/C52H33N5/c1-4-14-37(15-5-1)50-54-51(38-16-6-2-7-17-38)56-52(55-50)39-30-26-35(27-31-39)34-24-28-36(29-25-34)49-43-32-33-46-48(47(43)41-20-10-12-22-44(41)53-49)42-21-11-13-23-45(42)57(46)40-18-8-3-9-19-40/h1-33H. The minimum atomic E-state index is 0.639. The number of hydrogen-bond acceptors (Lipinski definition) is 4. The Kier molecular flexibility index (Phi) is 7.74. The van der Waals surface area contributed by atoms with E-state index in [4.69, 9.17) is 19.9 Å². The highest BCUT2D eigenvalue weighted by atomic mass is 15.0. The summed E-state index contributed by atoms with van der Waals surface area (Å²) in [4.78, 5) is 20.0. The molecule has 3 heterocycles. The van der Waals surface area contributed by atoms with E-state index >= 15 is 0 Å². The Morgan fingerprint density at radius 1 is 0.281 bits per heavy atom. The molecule has 0 unspecified atom stereocenters. The van der Waals surface area contributed by atoms with Gasteiger partial charge in [0.05, 0.1) is 22.2 Å². The number of para-hydroxylation sites is 3. The molecule has 0 saturated heterocycles. The summed E-state index contributed by atoms with van der Waals surface area (Å²) in [5, 5.41) is 5.99. The number of benzene rings is 8. The molecule has 0 aliphatic carbocycles. The monoisotopic (exact) mass is 727 g/mol. The summed E-state index contributed by atoms with van der Waals surface area (Å²) >= 11 is 0. The van der Waals surface area contributed by atoms with Gasteiger partial charge in [-0.05, 0) is 41.5 Å². The first-order valence-corrected chi connectivity index (χ1v) is 19.1. The molecule has 11 rings (SSSR count). The van der Waals surface area contributed by atoms with Crippen LogP contribution < -0.4 is 0 Å². The average molecular weight is 728 g/mol. The van der Waals surface area contributed by atoms with Crippen LogP contribution in [0.25, 0.3) is 106 Å². The largest absolute Gasteiger partial charge is 0.309 e. The van der Waals surface area contributed by atoms with Crippen LogP contribution in [0.4, 0.5) is 0 Å². The fourth-order valence-electron chi connectivity index (χ4n) is 8.15. The van der Waals surface area contributed by atoms with Crippen molar-refractivity contribution < 1.29 is 0 Å². The van der Waals surface area contributed by atoms with Crippen molar-refractivity contribution >= 4 is 43.5 Å². The van der Waals surface area contributed by atoms with Gasteiger partial charge in [0.1, 0.15) is 0 Å². The van der Waals surface area contributed by atoms with Crippen LogP contribution in [0.2, 0.25) is 0 Å². The lowest BCUT2D eigenvalue weighted by Gasteiger charge is -2.13. The molecular formula is C52H33N5. The van der Waals surface area contributed by atoms with Crippen LogP contribution in [-0.4, -0.2) is 24.5 Å². The van der Waals surface area contributed by atoms with Gasteiger partial charge in [0.25, 0.3) is 0 Å². The van der Waals surface area contributed by atoms with Crippen molar-refractivity contribution in [3.05, 3.63) is 200 Å². The summed E-state index contributed by atoms with van der Waals surface area (Å²) in [7, 11) is 0. The maximum Gasteiger partial charge on any atom is 0.164 e. The molecular weight excluding hydrogens is 695 g/mol. The van der Waals surface area contributed by atoms with Gasteiger partial charge in [0.2, 0.25) is 0 Å². The molecule has 0 aliphatic rings. The number of hydrogen-bond donors (Lipinski definition) is 0. The quantitative estimate of drug-likeness (QED) is 0.160. The van der Waals surface area contributed by atoms with Crippen LogP contribution >= 0.6 is 0 Å². The summed E-state index contributed by atoms with van der Waals surface area (Å²) < 4.78 is 2.38. The second-order valence-electron chi connectivity index (χ2n) is 14.2. The van der Waals surface area contributed by atoms with E-state index in [1.54, 1.807) is 0 Å². The molecule has 0 saturated carbocycles. The van der Waals surface area contributed by atoms with Crippen molar-refractivity contribution in [1.29, 1.82) is 0 Å². The first-order valence-electron chi connectivity index (χ1n) is 19.1. The van der Waals surface area contributed by atoms with Gasteiger partial charge < -0.3 is 4.57 Å². The smallest absolute Gasteiger partial charge is 0.164 e. The molecule has 0 amide bonds. The van der Waals surface area contributed by atoms with Crippen LogP contribution in [0.1, 0.15) is 0 Å². The highest BCUT2D eigenvalue weighted by Crippen LogP contribution is 2.42. The Bertz CT molecular complexity index is 3190. The molecule has 0 spiro atoms. The minimum absolute atomic E-state index is 0.639. The molecule has 0 fully saturated rings. The third-order valence-electron chi connectivity index (χ3n) is 10.8. The summed E-state index contributed by atoms with van der Waals surface area (Å²) in [6, 6.07) is 69.8. The van der Waals surface area contributed by atoms with Gasteiger partial charge in [-0.15, -0.1) is 0 Å². The van der Waals surface area contributed by atoms with Crippen molar-refractivity contribution in [1.82, 2.24) is 24.5 Å². The predicted octanol–water partition coefficient (Wildman–Crippen LogP) is 13.0. The average Bonchev–Trinajstić information content (AvgIpc) is 3.64. The first-order chi connectivity index (χ1) is 28.3. The number of fused-ring (bicyclic) bond motifs is 7. The first kappa shape index (κ1) is 32.7. The Balaban J connectivity index is 0.996. The van der Waals surface area contributed by atoms with Crippen LogP contribution in [0.3, 0.4) is 0 Å². The fraction of sp³-hybridized carbons (Fsp3) is 0. The third-order valence-corrected chi connectivity index (χ3v) is 10.8. The lowest BCUT2D eigenvalue weighted by Crippen LogP contribution is -2.00. The highest BCUT2D eigenvalue weighted by Gasteiger charge is 2.19. The van der Waals surface area contributed by atoms with Gasteiger partial charge in [-0.3, -0.25) is 0 Å². The maximum absolute atomic E-state index is 5.31. The van der Waals surface area contributed by atoms with Gasteiger partial charge >= 0.3 is 0 Å². The molecule has 8 aromatic carbocycles. The van der Waals surface area contributed by atoms with Crippen LogP contribution in [-0.2, 0) is 0 Å². The molecule has 0 bridgehead atoms. The summed E-state index contributed by atoms with van der Waals surface area (Å²) in [5.41, 5.74) is 11.6. The number of aromatic nitrogens is 5. The van der Waals surface area contributed by atoms with Crippen LogP contribution in [0.5, 0.6) is 0 Å². The summed E-state index contributed by atoms with van der Waals surface area (Å²) in [6.45, 7) is 0. The van der Waals surface area contributed by atoms with Crippen molar-refractivity contribution in [2.24, 2.45) is 0 Å². The van der Waals surface area contributed by atoms with E-state index in [0.717, 1.165) is 61.1 Å². The highest BCUT2D eigenvalue weighted by molar-refractivity contribution is 6.29. The molecule has 266 valence electrons. The topological polar surface area (TPSA) is 56.5 Å². The SMILES string of the molecule is c1ccc(-c2nc(-c3ccccc3)nc(-c3ccc(-c4ccc(-c5nc6ccccc6c6c5ccc5c6c6ccccc6n5-c5ccccc5)cc4)cc3)n2)cc1. The van der Waals surface area contributed by atoms with E-state index in [1.165, 1.54) is 27.2 Å². The van der Waals surface area contributed by atoms with Crippen molar-refractivity contribution in [3.63, 3.8) is 0 Å². The molecule has 0 atom stereocenters. The van der Waals surface area contributed by atoms with E-state index in [9.17, 15) is 0 Å². The fourth-order valence-corrected chi connectivity index (χ4v) is 8.15. The van der Waals surface area contributed by atoms with E-state index in [0.29, 0.717) is 17.5 Å². The Morgan fingerprint density at radius 3 is 1.37 bits per heavy atom. The maximum atomic E-state index is 5.31. The summed E-state index contributed by atoms with van der Waals surface area (Å²) in [5.74, 6) is 1.94. The van der Waals surface area contributed by atoms with Crippen LogP contribution in [0, 0.1) is 0 Å². The molecule has 0 aliphatic heterocycles. The lowest BCUT2D eigenvalue weighted by molar-refractivity contribution is 1.07. The van der Waals surface area contributed by atoms with Gasteiger partial charge in [0.15, 0.2) is 17.5 Å². The van der Waals surface area contributed by atoms with E-state index in [-0.39, 0.29) is 0 Å². The van der Waals surface area contributed by atoms with Gasteiger partial charge in [-0.2, -0.15) is 0 Å². The normalized spacial score (nSPS) is 11.5. The van der Waals surface area contributed by atoms with Gasteiger partial charge in [-0.1, -0.05) is 170 Å².